The van der Waals surface area contributed by atoms with E-state index in [0.29, 0.717) is 39.1 Å². The van der Waals surface area contributed by atoms with E-state index in [4.69, 9.17) is 20.9 Å². The Hall–Kier alpha value is -2.65. The molecule has 0 saturated carbocycles. The molecule has 10 heteroatoms. The first kappa shape index (κ1) is 20.6. The first-order valence-corrected chi connectivity index (χ1v) is 10.7. The summed E-state index contributed by atoms with van der Waals surface area (Å²) in [7, 11) is 1.34. The number of nitrogens with one attached hydrogen (secondary N) is 1. The summed E-state index contributed by atoms with van der Waals surface area (Å²) in [4.78, 5) is 26.5. The minimum absolute atomic E-state index is 0.153. The average molecular weight is 449 g/mol. The Balaban J connectivity index is 1.65. The molecule has 3 heterocycles. The van der Waals surface area contributed by atoms with Crippen LogP contribution >= 0.6 is 22.9 Å². The Morgan fingerprint density at radius 2 is 2.07 bits per heavy atom. The van der Waals surface area contributed by atoms with Crippen LogP contribution in [0.1, 0.15) is 60.4 Å². The Bertz CT molecular complexity index is 1160. The number of esters is 1. The van der Waals surface area contributed by atoms with Gasteiger partial charge in [0.25, 0.3) is 5.91 Å². The minimum Gasteiger partial charge on any atom is -0.465 e. The van der Waals surface area contributed by atoms with Gasteiger partial charge >= 0.3 is 5.97 Å². The highest BCUT2D eigenvalue weighted by atomic mass is 35.5. The van der Waals surface area contributed by atoms with Gasteiger partial charge in [-0.05, 0) is 45.6 Å². The van der Waals surface area contributed by atoms with Crippen LogP contribution in [0.15, 0.2) is 4.52 Å². The minimum atomic E-state index is -0.446. The lowest BCUT2D eigenvalue weighted by Crippen LogP contribution is -2.18. The van der Waals surface area contributed by atoms with Crippen molar-refractivity contribution < 1.29 is 18.8 Å². The van der Waals surface area contributed by atoms with Gasteiger partial charge in [0.05, 0.1) is 35.6 Å². The van der Waals surface area contributed by atoms with Gasteiger partial charge in [0.2, 0.25) is 0 Å². The number of hydrogen-bond acceptors (Lipinski definition) is 7. The summed E-state index contributed by atoms with van der Waals surface area (Å²) in [6, 6.07) is 0. The van der Waals surface area contributed by atoms with E-state index in [2.05, 4.69) is 15.6 Å². The molecule has 1 aliphatic carbocycles. The first-order chi connectivity index (χ1) is 14.3. The fourth-order valence-corrected chi connectivity index (χ4v) is 5.11. The molecule has 1 aliphatic rings. The summed E-state index contributed by atoms with van der Waals surface area (Å²) in [5.74, 6) is -0.371. The van der Waals surface area contributed by atoms with Gasteiger partial charge < -0.3 is 14.6 Å². The third-order valence-corrected chi connectivity index (χ3v) is 7.09. The van der Waals surface area contributed by atoms with Crippen molar-refractivity contribution in [2.24, 2.45) is 0 Å². The van der Waals surface area contributed by atoms with Gasteiger partial charge in [0.1, 0.15) is 10.8 Å². The molecule has 0 aliphatic heterocycles. The predicted molar refractivity (Wildman–Crippen MR) is 113 cm³/mol. The largest absolute Gasteiger partial charge is 0.465 e. The number of hydrogen-bond donors (Lipinski definition) is 1. The molecule has 0 unspecified atom stereocenters. The molecule has 158 valence electrons. The zero-order valence-electron chi connectivity index (χ0n) is 17.1. The van der Waals surface area contributed by atoms with Crippen LogP contribution in [-0.2, 0) is 24.1 Å². The smallest absolute Gasteiger partial charge is 0.341 e. The summed E-state index contributed by atoms with van der Waals surface area (Å²) < 4.78 is 11.9. The summed E-state index contributed by atoms with van der Waals surface area (Å²) in [5, 5.41) is 12.3. The molecular weight excluding hydrogens is 428 g/mol. The first-order valence-electron chi connectivity index (χ1n) is 9.50. The molecule has 8 nitrogen and oxygen atoms in total. The maximum Gasteiger partial charge on any atom is 0.341 e. The molecule has 4 rings (SSSR count). The SMILES string of the molecule is COC(=O)c1c(NC(=O)c2noc(C)c2Cn2nc(C)c(Cl)c2C)sc2c1CCC2. The molecule has 1 amide bonds. The van der Waals surface area contributed by atoms with Crippen LogP contribution in [-0.4, -0.2) is 33.9 Å². The highest BCUT2D eigenvalue weighted by Gasteiger charge is 2.30. The number of halogens is 1. The predicted octanol–water partition coefficient (Wildman–Crippen LogP) is 4.09. The van der Waals surface area contributed by atoms with E-state index in [1.165, 1.54) is 18.4 Å². The molecule has 0 bridgehead atoms. The van der Waals surface area contributed by atoms with Crippen molar-refractivity contribution in [3.8, 4) is 0 Å². The number of fused-ring (bicyclic) bond motifs is 1. The second-order valence-electron chi connectivity index (χ2n) is 7.22. The molecule has 0 fully saturated rings. The molecule has 30 heavy (non-hydrogen) atoms. The van der Waals surface area contributed by atoms with Crippen molar-refractivity contribution in [1.29, 1.82) is 0 Å². The molecule has 0 atom stereocenters. The zero-order chi connectivity index (χ0) is 21.6. The number of carbonyl (C=O) groups excluding carboxylic acids is 2. The van der Waals surface area contributed by atoms with Crippen LogP contribution in [0.3, 0.4) is 0 Å². The number of carbonyl (C=O) groups is 2. The van der Waals surface area contributed by atoms with Crippen LogP contribution in [0.4, 0.5) is 5.00 Å². The topological polar surface area (TPSA) is 99.2 Å². The van der Waals surface area contributed by atoms with E-state index in [1.54, 1.807) is 11.6 Å². The lowest BCUT2D eigenvalue weighted by atomic mass is 10.1. The zero-order valence-corrected chi connectivity index (χ0v) is 18.7. The summed E-state index contributed by atoms with van der Waals surface area (Å²) in [6.45, 7) is 5.72. The van der Waals surface area contributed by atoms with Crippen molar-refractivity contribution in [3.63, 3.8) is 0 Å². The van der Waals surface area contributed by atoms with Gasteiger partial charge in [-0.1, -0.05) is 16.8 Å². The number of aromatic nitrogens is 3. The highest BCUT2D eigenvalue weighted by Crippen LogP contribution is 2.39. The molecule has 3 aromatic rings. The van der Waals surface area contributed by atoms with E-state index in [-0.39, 0.29) is 5.69 Å². The molecule has 0 radical (unpaired) electrons. The van der Waals surface area contributed by atoms with Crippen LogP contribution in [0.25, 0.3) is 0 Å². The summed E-state index contributed by atoms with van der Waals surface area (Å²) in [6.07, 6.45) is 2.70. The Labute approximate surface area is 182 Å². The fourth-order valence-electron chi connectivity index (χ4n) is 3.71. The average Bonchev–Trinajstić information content (AvgIpc) is 3.44. The van der Waals surface area contributed by atoms with Crippen LogP contribution in [0.2, 0.25) is 5.02 Å². The number of aryl methyl sites for hydroxylation is 3. The lowest BCUT2D eigenvalue weighted by Gasteiger charge is -2.08. The quantitative estimate of drug-likeness (QED) is 0.590. The van der Waals surface area contributed by atoms with E-state index >= 15 is 0 Å². The molecule has 0 spiro atoms. The number of methoxy groups -OCH3 is 1. The number of rotatable bonds is 5. The molecular formula is C20H21ClN4O4S. The number of ether oxygens (including phenoxy) is 1. The van der Waals surface area contributed by atoms with Gasteiger partial charge in [-0.15, -0.1) is 11.3 Å². The Kier molecular flexibility index (Phi) is 5.42. The van der Waals surface area contributed by atoms with Crippen molar-refractivity contribution in [1.82, 2.24) is 14.9 Å². The number of anilines is 1. The molecule has 3 aromatic heterocycles. The maximum atomic E-state index is 13.1. The number of nitrogens with zero attached hydrogens (tertiary/aromatic N) is 3. The van der Waals surface area contributed by atoms with E-state index in [0.717, 1.165) is 35.4 Å². The second kappa shape index (κ2) is 7.88. The van der Waals surface area contributed by atoms with Crippen molar-refractivity contribution >= 4 is 39.8 Å². The normalized spacial score (nSPS) is 12.8. The summed E-state index contributed by atoms with van der Waals surface area (Å²) >= 11 is 7.65. The van der Waals surface area contributed by atoms with Crippen molar-refractivity contribution in [2.75, 3.05) is 12.4 Å². The third kappa shape index (κ3) is 3.41. The maximum absolute atomic E-state index is 13.1. The van der Waals surface area contributed by atoms with Gasteiger partial charge in [0, 0.05) is 10.4 Å². The molecule has 0 aromatic carbocycles. The van der Waals surface area contributed by atoms with Gasteiger partial charge in [-0.25, -0.2) is 4.79 Å². The van der Waals surface area contributed by atoms with E-state index < -0.39 is 11.9 Å². The second-order valence-corrected chi connectivity index (χ2v) is 8.70. The monoisotopic (exact) mass is 448 g/mol. The fraction of sp³-hybridized carbons (Fsp3) is 0.400. The Morgan fingerprint density at radius 3 is 2.73 bits per heavy atom. The summed E-state index contributed by atoms with van der Waals surface area (Å²) in [5.41, 5.74) is 3.68. The Morgan fingerprint density at radius 1 is 1.30 bits per heavy atom. The van der Waals surface area contributed by atoms with Gasteiger partial charge in [-0.2, -0.15) is 5.10 Å². The standard InChI is InChI=1S/C20H21ClN4O4S/c1-9-16(21)10(2)25(23-9)8-13-11(3)29-24-17(13)18(26)22-19-15(20(27)28-4)12-6-5-7-14(12)30-19/h5-8H2,1-4H3,(H,22,26). The molecule has 1 N–H and O–H groups in total. The van der Waals surface area contributed by atoms with Crippen LogP contribution in [0.5, 0.6) is 0 Å². The molecule has 0 saturated heterocycles. The van der Waals surface area contributed by atoms with Gasteiger partial charge in [-0.3, -0.25) is 9.48 Å². The van der Waals surface area contributed by atoms with Crippen molar-refractivity contribution in [3.05, 3.63) is 49.4 Å². The highest BCUT2D eigenvalue weighted by molar-refractivity contribution is 7.17. The lowest BCUT2D eigenvalue weighted by molar-refractivity contribution is 0.0601. The van der Waals surface area contributed by atoms with Gasteiger partial charge in [0.15, 0.2) is 5.69 Å². The van der Waals surface area contributed by atoms with E-state index in [1.807, 2.05) is 13.8 Å². The van der Waals surface area contributed by atoms with Crippen molar-refractivity contribution in [2.45, 2.75) is 46.6 Å². The van der Waals surface area contributed by atoms with Crippen LogP contribution < -0.4 is 5.32 Å². The third-order valence-electron chi connectivity index (χ3n) is 5.34. The van der Waals surface area contributed by atoms with Crippen LogP contribution in [0, 0.1) is 20.8 Å². The number of amides is 1. The number of thiophene rings is 1. The van der Waals surface area contributed by atoms with E-state index in [9.17, 15) is 9.59 Å².